The van der Waals surface area contributed by atoms with Crippen molar-refractivity contribution in [3.8, 4) is 0 Å². The number of hydrogen-bond acceptors (Lipinski definition) is 4. The summed E-state index contributed by atoms with van der Waals surface area (Å²) in [6, 6.07) is 4.20. The maximum atomic E-state index is 13.5. The van der Waals surface area contributed by atoms with E-state index in [1.54, 1.807) is 19.9 Å². The fourth-order valence-electron chi connectivity index (χ4n) is 2.05. The summed E-state index contributed by atoms with van der Waals surface area (Å²) in [6.45, 7) is 7.38. The van der Waals surface area contributed by atoms with Crippen molar-refractivity contribution in [3.63, 3.8) is 0 Å². The molecular weight excluding hydrogens is 347 g/mol. The fraction of sp³-hybridized carbons (Fsp3) is 0.353. The molecular formula is C17H20ClFN4O2. The van der Waals surface area contributed by atoms with Gasteiger partial charge in [0.05, 0.1) is 24.4 Å². The van der Waals surface area contributed by atoms with Crippen molar-refractivity contribution in [1.29, 1.82) is 0 Å². The molecule has 134 valence electrons. The van der Waals surface area contributed by atoms with Gasteiger partial charge in [-0.2, -0.15) is 0 Å². The normalized spacial score (nSPS) is 14.5. The number of methoxy groups -OCH3 is 2. The van der Waals surface area contributed by atoms with Crippen molar-refractivity contribution in [2.45, 2.75) is 19.4 Å². The van der Waals surface area contributed by atoms with Gasteiger partial charge in [-0.1, -0.05) is 29.4 Å². The first-order valence-electron chi connectivity index (χ1n) is 7.33. The van der Waals surface area contributed by atoms with Gasteiger partial charge in [-0.05, 0) is 37.6 Å². The predicted octanol–water partition coefficient (Wildman–Crippen LogP) is 5.05. The van der Waals surface area contributed by atoms with Crippen molar-refractivity contribution >= 4 is 17.3 Å². The number of hydrogen-bond donors (Lipinski definition) is 0. The minimum absolute atomic E-state index is 0.0418. The van der Waals surface area contributed by atoms with Gasteiger partial charge in [0.15, 0.2) is 0 Å². The van der Waals surface area contributed by atoms with Crippen LogP contribution in [0.4, 0.5) is 4.39 Å². The zero-order valence-electron chi connectivity index (χ0n) is 14.6. The highest BCUT2D eigenvalue weighted by Crippen LogP contribution is 2.26. The second-order valence-electron chi connectivity index (χ2n) is 5.21. The molecule has 0 saturated heterocycles. The van der Waals surface area contributed by atoms with Crippen molar-refractivity contribution in [2.75, 3.05) is 20.8 Å². The van der Waals surface area contributed by atoms with Gasteiger partial charge >= 0.3 is 0 Å². The molecule has 1 atom stereocenters. The molecule has 0 bridgehead atoms. The highest BCUT2D eigenvalue weighted by atomic mass is 35.5. The summed E-state index contributed by atoms with van der Waals surface area (Å²) in [6.07, 6.45) is 1.73. The van der Waals surface area contributed by atoms with E-state index in [2.05, 4.69) is 21.6 Å². The summed E-state index contributed by atoms with van der Waals surface area (Å²) in [5, 5.41) is 3.53. The number of azide groups is 1. The molecule has 0 aliphatic heterocycles. The highest BCUT2D eigenvalue weighted by molar-refractivity contribution is 6.31. The number of nitrogens with zero attached hydrogens (tertiary/aromatic N) is 4. The topological polar surface area (TPSA) is 79.6 Å². The lowest BCUT2D eigenvalue weighted by Crippen LogP contribution is -2.33. The molecule has 0 radical (unpaired) electrons. The summed E-state index contributed by atoms with van der Waals surface area (Å²) in [4.78, 5) is 7.33. The number of rotatable bonds is 8. The largest absolute Gasteiger partial charge is 0.495 e. The van der Waals surface area contributed by atoms with E-state index >= 15 is 0 Å². The zero-order chi connectivity index (χ0) is 19.0. The Morgan fingerprint density at radius 2 is 2.16 bits per heavy atom. The molecule has 0 aromatic heterocycles. The Bertz CT molecular complexity index is 757. The van der Waals surface area contributed by atoms with Gasteiger partial charge in [0, 0.05) is 17.6 Å². The third kappa shape index (κ3) is 5.06. The maximum Gasteiger partial charge on any atom is 0.141 e. The maximum absolute atomic E-state index is 13.5. The third-order valence-corrected chi connectivity index (χ3v) is 3.93. The first-order chi connectivity index (χ1) is 11.8. The third-order valence-electron chi connectivity index (χ3n) is 3.64. The highest BCUT2D eigenvalue weighted by Gasteiger charge is 2.28. The van der Waals surface area contributed by atoms with Crippen LogP contribution in [-0.4, -0.2) is 32.1 Å². The molecule has 0 saturated carbocycles. The molecule has 0 N–H and O–H groups in total. The Hall–Kier alpha value is -2.34. The second kappa shape index (κ2) is 9.22. The molecule has 1 aromatic rings. The Labute approximate surface area is 151 Å². The van der Waals surface area contributed by atoms with Crippen molar-refractivity contribution < 1.29 is 13.9 Å². The quantitative estimate of drug-likeness (QED) is 0.212. The smallest absolute Gasteiger partial charge is 0.141 e. The van der Waals surface area contributed by atoms with Gasteiger partial charge in [-0.15, -0.1) is 0 Å². The molecule has 1 aromatic carbocycles. The molecule has 8 heteroatoms. The lowest BCUT2D eigenvalue weighted by Gasteiger charge is -2.27. The molecule has 25 heavy (non-hydrogen) atoms. The minimum Gasteiger partial charge on any atom is -0.495 e. The van der Waals surface area contributed by atoms with Crippen LogP contribution in [0.2, 0.25) is 5.02 Å². The Kier molecular flexibility index (Phi) is 7.64. The lowest BCUT2D eigenvalue weighted by molar-refractivity contribution is 0.0450. The average Bonchev–Trinajstić information content (AvgIpc) is 2.62. The van der Waals surface area contributed by atoms with Gasteiger partial charge < -0.3 is 9.47 Å². The Morgan fingerprint density at radius 1 is 1.48 bits per heavy atom. The van der Waals surface area contributed by atoms with E-state index in [4.69, 9.17) is 26.6 Å². The molecule has 0 fully saturated rings. The summed E-state index contributed by atoms with van der Waals surface area (Å²) >= 11 is 5.87. The number of halogens is 2. The van der Waals surface area contributed by atoms with E-state index in [0.29, 0.717) is 17.0 Å². The van der Waals surface area contributed by atoms with Crippen LogP contribution in [0.5, 0.6) is 0 Å². The molecule has 0 heterocycles. The summed E-state index contributed by atoms with van der Waals surface area (Å²) in [5.41, 5.74) is 9.02. The fourth-order valence-corrected chi connectivity index (χ4v) is 2.23. The monoisotopic (exact) mass is 366 g/mol. The number of ether oxygens (including phenoxy) is 2. The summed E-state index contributed by atoms with van der Waals surface area (Å²) < 4.78 is 24.1. The van der Waals surface area contributed by atoms with E-state index in [9.17, 15) is 4.39 Å². The van der Waals surface area contributed by atoms with E-state index in [0.717, 1.165) is 0 Å². The van der Waals surface area contributed by atoms with Gasteiger partial charge in [0.1, 0.15) is 22.9 Å². The molecule has 0 amide bonds. The number of allylic oxidation sites excluding steroid dienone is 2. The minimum atomic E-state index is -0.954. The van der Waals surface area contributed by atoms with Crippen LogP contribution in [0, 0.1) is 5.82 Å². The number of aliphatic imine (C=N–C) groups is 1. The predicted molar refractivity (Wildman–Crippen MR) is 97.3 cm³/mol. The summed E-state index contributed by atoms with van der Waals surface area (Å²) in [5.74, 6) is -0.270. The van der Waals surface area contributed by atoms with Crippen LogP contribution in [-0.2, 0) is 9.47 Å². The van der Waals surface area contributed by atoms with Crippen LogP contribution in [0.15, 0.2) is 52.4 Å². The zero-order valence-corrected chi connectivity index (χ0v) is 15.3. The van der Waals surface area contributed by atoms with Gasteiger partial charge in [-0.3, -0.25) is 0 Å². The van der Waals surface area contributed by atoms with Crippen LogP contribution < -0.4 is 0 Å². The number of benzene rings is 1. The van der Waals surface area contributed by atoms with Crippen LogP contribution in [0.3, 0.4) is 0 Å². The first kappa shape index (κ1) is 20.7. The van der Waals surface area contributed by atoms with E-state index in [1.165, 1.54) is 32.4 Å². The van der Waals surface area contributed by atoms with Crippen molar-refractivity contribution in [2.24, 2.45) is 10.1 Å². The lowest BCUT2D eigenvalue weighted by atomic mass is 10.0. The molecule has 0 aliphatic carbocycles. The van der Waals surface area contributed by atoms with E-state index in [1.807, 2.05) is 0 Å². The Morgan fingerprint density at radius 3 is 2.64 bits per heavy atom. The molecule has 0 aliphatic rings. The van der Waals surface area contributed by atoms with Crippen LogP contribution >= 0.6 is 11.6 Å². The average molecular weight is 367 g/mol. The standard InChI is InChI=1S/C17H20ClFN4O2/c1-6-15(17(3,25-5)10-21-23-20)22-16(11(2)24-4)12-7-8-14(19)13(18)9-12/h6-9H,2,10H2,1,3-5H3/b15-6-,22-16+. The van der Waals surface area contributed by atoms with Crippen LogP contribution in [0.1, 0.15) is 19.4 Å². The van der Waals surface area contributed by atoms with Crippen LogP contribution in [0.25, 0.3) is 10.4 Å². The molecule has 1 rings (SSSR count). The van der Waals surface area contributed by atoms with Crippen molar-refractivity contribution in [1.82, 2.24) is 0 Å². The van der Waals surface area contributed by atoms with E-state index in [-0.39, 0.29) is 17.3 Å². The Balaban J connectivity index is 3.48. The van der Waals surface area contributed by atoms with Gasteiger partial charge in [0.2, 0.25) is 0 Å². The van der Waals surface area contributed by atoms with Gasteiger partial charge in [-0.25, -0.2) is 9.38 Å². The first-order valence-corrected chi connectivity index (χ1v) is 7.71. The molecule has 6 nitrogen and oxygen atoms in total. The molecule has 1 unspecified atom stereocenters. The summed E-state index contributed by atoms with van der Waals surface area (Å²) in [7, 11) is 2.94. The second-order valence-corrected chi connectivity index (χ2v) is 5.62. The van der Waals surface area contributed by atoms with E-state index < -0.39 is 11.4 Å². The van der Waals surface area contributed by atoms with Gasteiger partial charge in [0.25, 0.3) is 0 Å². The molecule has 0 spiro atoms. The van der Waals surface area contributed by atoms with Crippen molar-refractivity contribution in [3.05, 3.63) is 69.2 Å². The SMILES string of the molecule is C=C(OC)/C(=N\C(=C/C)C(C)(CN=[N+]=[N-])OC)c1ccc(F)c(Cl)c1.